The molecule has 2 N–H and O–H groups in total. The highest BCUT2D eigenvalue weighted by Gasteiger charge is 2.25. The number of guanidine groups is 1. The molecule has 0 aromatic heterocycles. The number of aliphatic imine (C=N–C) groups is 1. The number of rotatable bonds is 7. The predicted molar refractivity (Wildman–Crippen MR) is 105 cm³/mol. The van der Waals surface area contributed by atoms with Crippen molar-refractivity contribution in [1.82, 2.24) is 20.4 Å². The minimum absolute atomic E-state index is 0. The van der Waals surface area contributed by atoms with E-state index in [0.717, 1.165) is 13.0 Å². The fourth-order valence-corrected chi connectivity index (χ4v) is 2.23. The number of nitrogens with one attached hydrogen (secondary N) is 2. The molecule has 1 rings (SSSR count). The van der Waals surface area contributed by atoms with E-state index in [2.05, 4.69) is 15.6 Å². The van der Waals surface area contributed by atoms with Gasteiger partial charge in [-0.25, -0.2) is 4.99 Å². The number of amides is 2. The Labute approximate surface area is 161 Å². The Morgan fingerprint density at radius 2 is 2.08 bits per heavy atom. The first-order valence-electron chi connectivity index (χ1n) is 7.99. The van der Waals surface area contributed by atoms with Gasteiger partial charge < -0.3 is 25.2 Å². The van der Waals surface area contributed by atoms with Crippen LogP contribution in [0.2, 0.25) is 0 Å². The van der Waals surface area contributed by atoms with Gasteiger partial charge in [-0.05, 0) is 6.42 Å². The maximum atomic E-state index is 11.7. The van der Waals surface area contributed by atoms with Crippen molar-refractivity contribution in [3.63, 3.8) is 0 Å². The summed E-state index contributed by atoms with van der Waals surface area (Å²) in [4.78, 5) is 31.1. The summed E-state index contributed by atoms with van der Waals surface area (Å²) in [6, 6.07) is 0.147. The van der Waals surface area contributed by atoms with Crippen molar-refractivity contribution >= 4 is 41.8 Å². The summed E-state index contributed by atoms with van der Waals surface area (Å²) in [5.41, 5.74) is 0. The van der Waals surface area contributed by atoms with Gasteiger partial charge in [0.1, 0.15) is 6.54 Å². The van der Waals surface area contributed by atoms with Crippen LogP contribution in [0, 0.1) is 0 Å². The molecule has 2 amide bonds. The van der Waals surface area contributed by atoms with Crippen molar-refractivity contribution in [1.29, 1.82) is 0 Å². The smallest absolute Gasteiger partial charge is 0.243 e. The average molecular weight is 455 g/mol. The van der Waals surface area contributed by atoms with Gasteiger partial charge in [-0.15, -0.1) is 24.0 Å². The molecule has 1 fully saturated rings. The molecule has 1 atom stereocenters. The largest absolute Gasteiger partial charge is 0.383 e. The van der Waals surface area contributed by atoms with Crippen molar-refractivity contribution in [2.45, 2.75) is 25.8 Å². The maximum Gasteiger partial charge on any atom is 0.243 e. The van der Waals surface area contributed by atoms with Crippen LogP contribution < -0.4 is 10.6 Å². The monoisotopic (exact) mass is 455 g/mol. The van der Waals surface area contributed by atoms with E-state index in [1.54, 1.807) is 21.2 Å². The standard InChI is InChI=1S/C15H29N5O3.HI/c1-5-13(21)20-8-6-12(11-20)18-15(16-7-9-23-4)17-10-14(22)19(2)3;/h12H,5-11H2,1-4H3,(H2,16,17,18);1H. The Bertz CT molecular complexity index is 431. The number of likely N-dealkylation sites (tertiary alicyclic amines) is 1. The van der Waals surface area contributed by atoms with Crippen LogP contribution in [0.5, 0.6) is 0 Å². The molecule has 0 saturated carbocycles. The fourth-order valence-electron chi connectivity index (χ4n) is 2.23. The van der Waals surface area contributed by atoms with Crippen LogP contribution in [0.4, 0.5) is 0 Å². The summed E-state index contributed by atoms with van der Waals surface area (Å²) >= 11 is 0. The molecule has 1 aliphatic heterocycles. The topological polar surface area (TPSA) is 86.3 Å². The van der Waals surface area contributed by atoms with Gasteiger partial charge in [0.05, 0.1) is 6.61 Å². The van der Waals surface area contributed by atoms with Crippen molar-refractivity contribution in [2.75, 3.05) is 54.0 Å². The van der Waals surface area contributed by atoms with Crippen LogP contribution in [0.1, 0.15) is 19.8 Å². The first kappa shape index (κ1) is 22.9. The third kappa shape index (κ3) is 8.13. The Hall–Kier alpha value is -1.10. The first-order chi connectivity index (χ1) is 11.0. The lowest BCUT2D eigenvalue weighted by Crippen LogP contribution is -2.46. The van der Waals surface area contributed by atoms with Gasteiger partial charge in [0, 0.05) is 53.3 Å². The fraction of sp³-hybridized carbons (Fsp3) is 0.800. The lowest BCUT2D eigenvalue weighted by Gasteiger charge is -2.19. The van der Waals surface area contributed by atoms with Gasteiger partial charge in [0.2, 0.25) is 11.8 Å². The summed E-state index contributed by atoms with van der Waals surface area (Å²) < 4.78 is 5.02. The van der Waals surface area contributed by atoms with Crippen molar-refractivity contribution < 1.29 is 14.3 Å². The Morgan fingerprint density at radius 1 is 1.38 bits per heavy atom. The molecule has 1 heterocycles. The van der Waals surface area contributed by atoms with Crippen molar-refractivity contribution in [2.24, 2.45) is 4.99 Å². The number of ether oxygens (including phenoxy) is 1. The minimum atomic E-state index is -0.0629. The zero-order valence-electron chi connectivity index (χ0n) is 15.0. The maximum absolute atomic E-state index is 11.7. The number of carbonyl (C=O) groups is 2. The van der Waals surface area contributed by atoms with Crippen LogP contribution in [0.15, 0.2) is 4.99 Å². The molecule has 1 unspecified atom stereocenters. The summed E-state index contributed by atoms with van der Waals surface area (Å²) in [5, 5.41) is 6.44. The molecule has 1 saturated heterocycles. The van der Waals surface area contributed by atoms with Crippen molar-refractivity contribution in [3.8, 4) is 0 Å². The van der Waals surface area contributed by atoms with E-state index in [-0.39, 0.29) is 48.4 Å². The Balaban J connectivity index is 0.00000529. The quantitative estimate of drug-likeness (QED) is 0.242. The van der Waals surface area contributed by atoms with Gasteiger partial charge in [0.25, 0.3) is 0 Å². The van der Waals surface area contributed by atoms with Gasteiger partial charge in [0.15, 0.2) is 5.96 Å². The highest BCUT2D eigenvalue weighted by atomic mass is 127. The molecule has 0 aromatic rings. The number of halogens is 1. The number of methoxy groups -OCH3 is 1. The summed E-state index contributed by atoms with van der Waals surface area (Å²) in [7, 11) is 5.04. The second kappa shape index (κ2) is 12.3. The van der Waals surface area contributed by atoms with E-state index in [0.29, 0.717) is 32.1 Å². The molecule has 140 valence electrons. The lowest BCUT2D eigenvalue weighted by atomic mass is 10.3. The van der Waals surface area contributed by atoms with Gasteiger partial charge in [-0.2, -0.15) is 0 Å². The first-order valence-corrected chi connectivity index (χ1v) is 7.99. The molecule has 1 aliphatic rings. The molecular formula is C15H30IN5O3. The van der Waals surface area contributed by atoms with E-state index < -0.39 is 0 Å². The number of nitrogens with zero attached hydrogens (tertiary/aromatic N) is 3. The molecular weight excluding hydrogens is 425 g/mol. The zero-order valence-corrected chi connectivity index (χ0v) is 17.3. The number of carbonyl (C=O) groups excluding carboxylic acids is 2. The Morgan fingerprint density at radius 3 is 2.67 bits per heavy atom. The van der Waals surface area contributed by atoms with E-state index in [1.807, 2.05) is 11.8 Å². The average Bonchev–Trinajstić information content (AvgIpc) is 2.99. The van der Waals surface area contributed by atoms with Gasteiger partial charge >= 0.3 is 0 Å². The lowest BCUT2D eigenvalue weighted by molar-refractivity contribution is -0.130. The van der Waals surface area contributed by atoms with Crippen LogP contribution in [0.3, 0.4) is 0 Å². The normalized spacial score (nSPS) is 17.2. The molecule has 8 nitrogen and oxygen atoms in total. The van der Waals surface area contributed by atoms with E-state index in [9.17, 15) is 9.59 Å². The highest BCUT2D eigenvalue weighted by molar-refractivity contribution is 14.0. The van der Waals surface area contributed by atoms with Crippen LogP contribution in [-0.2, 0) is 14.3 Å². The molecule has 24 heavy (non-hydrogen) atoms. The molecule has 9 heteroatoms. The highest BCUT2D eigenvalue weighted by Crippen LogP contribution is 2.10. The summed E-state index contributed by atoms with van der Waals surface area (Å²) in [6.07, 6.45) is 1.40. The van der Waals surface area contributed by atoms with E-state index in [4.69, 9.17) is 4.74 Å². The molecule has 0 aliphatic carbocycles. The molecule has 0 aromatic carbocycles. The van der Waals surface area contributed by atoms with Gasteiger partial charge in [-0.1, -0.05) is 6.92 Å². The molecule has 0 radical (unpaired) electrons. The Kier molecular flexibility index (Phi) is 11.7. The molecule has 0 spiro atoms. The molecule has 0 bridgehead atoms. The number of likely N-dealkylation sites (N-methyl/N-ethyl adjacent to an activating group) is 1. The minimum Gasteiger partial charge on any atom is -0.383 e. The zero-order chi connectivity index (χ0) is 17.2. The van der Waals surface area contributed by atoms with Crippen LogP contribution >= 0.6 is 24.0 Å². The number of hydrogen-bond acceptors (Lipinski definition) is 4. The third-order valence-corrected chi connectivity index (χ3v) is 3.65. The van der Waals surface area contributed by atoms with Crippen LogP contribution in [0.25, 0.3) is 0 Å². The number of hydrogen-bond donors (Lipinski definition) is 2. The summed E-state index contributed by atoms with van der Waals surface area (Å²) in [6.45, 7) is 4.52. The van der Waals surface area contributed by atoms with Gasteiger partial charge in [-0.3, -0.25) is 9.59 Å². The SMILES string of the molecule is CCC(=O)N1CCC(NC(=NCC(=O)N(C)C)NCCOC)C1.I. The third-order valence-electron chi connectivity index (χ3n) is 3.65. The second-order valence-corrected chi connectivity index (χ2v) is 5.70. The van der Waals surface area contributed by atoms with Crippen molar-refractivity contribution in [3.05, 3.63) is 0 Å². The van der Waals surface area contributed by atoms with Crippen LogP contribution in [-0.4, -0.2) is 87.6 Å². The van der Waals surface area contributed by atoms with E-state index >= 15 is 0 Å². The predicted octanol–water partition coefficient (Wildman–Crippen LogP) is -0.115. The summed E-state index contributed by atoms with van der Waals surface area (Å²) in [5.74, 6) is 0.683. The second-order valence-electron chi connectivity index (χ2n) is 5.70. The van der Waals surface area contributed by atoms with E-state index in [1.165, 1.54) is 4.90 Å².